The van der Waals surface area contributed by atoms with Crippen LogP contribution in [0.25, 0.3) is 0 Å². The predicted octanol–water partition coefficient (Wildman–Crippen LogP) is 2.99. The predicted molar refractivity (Wildman–Crippen MR) is 76.5 cm³/mol. The van der Waals surface area contributed by atoms with Gasteiger partial charge in [0.1, 0.15) is 0 Å². The van der Waals surface area contributed by atoms with Gasteiger partial charge in [-0.05, 0) is 29.9 Å². The lowest BCUT2D eigenvalue weighted by molar-refractivity contribution is 0.0937. The van der Waals surface area contributed by atoms with Gasteiger partial charge >= 0.3 is 0 Å². The highest BCUT2D eigenvalue weighted by molar-refractivity contribution is 6.00. The van der Waals surface area contributed by atoms with E-state index in [-0.39, 0.29) is 11.3 Å². The third-order valence-electron chi connectivity index (χ3n) is 3.58. The van der Waals surface area contributed by atoms with Gasteiger partial charge in [-0.25, -0.2) is 0 Å². The van der Waals surface area contributed by atoms with Crippen molar-refractivity contribution in [1.29, 1.82) is 0 Å². The molecule has 0 saturated carbocycles. The minimum absolute atomic E-state index is 0.0818. The van der Waals surface area contributed by atoms with Crippen LogP contribution in [0.1, 0.15) is 43.6 Å². The number of anilines is 1. The van der Waals surface area contributed by atoms with Gasteiger partial charge in [-0.3, -0.25) is 4.79 Å². The number of carbonyl (C=O) groups is 1. The van der Waals surface area contributed by atoms with Gasteiger partial charge in [-0.1, -0.05) is 39.8 Å². The van der Waals surface area contributed by atoms with Crippen LogP contribution in [0.3, 0.4) is 0 Å². The van der Waals surface area contributed by atoms with Crippen LogP contribution in [0.4, 0.5) is 5.69 Å². The lowest BCUT2D eigenvalue weighted by Crippen LogP contribution is -2.34. The zero-order chi connectivity index (χ0) is 13.9. The molecule has 3 nitrogen and oxygen atoms in total. The molecule has 100 valence electrons. The van der Waals surface area contributed by atoms with Crippen LogP contribution in [-0.2, 0) is 0 Å². The zero-order valence-electron chi connectivity index (χ0n) is 12.0. The molecule has 0 spiro atoms. The maximum Gasteiger partial charge on any atom is 0.253 e. The molecule has 0 saturated heterocycles. The Hall–Kier alpha value is -1.51. The van der Waals surface area contributed by atoms with Gasteiger partial charge in [0.15, 0.2) is 0 Å². The van der Waals surface area contributed by atoms with Gasteiger partial charge in [0, 0.05) is 12.2 Å². The Morgan fingerprint density at radius 2 is 2.00 bits per heavy atom. The van der Waals surface area contributed by atoms with Crippen molar-refractivity contribution < 1.29 is 4.79 Å². The quantitative estimate of drug-likeness (QED) is 0.808. The summed E-state index contributed by atoms with van der Waals surface area (Å²) in [7, 11) is 0. The first-order valence-electron chi connectivity index (χ1n) is 6.36. The van der Waals surface area contributed by atoms with Crippen molar-refractivity contribution in [3.8, 4) is 0 Å². The van der Waals surface area contributed by atoms with Crippen molar-refractivity contribution in [2.75, 3.05) is 12.3 Å². The van der Waals surface area contributed by atoms with Crippen molar-refractivity contribution in [2.45, 2.75) is 34.6 Å². The fourth-order valence-corrected chi connectivity index (χ4v) is 1.64. The summed E-state index contributed by atoms with van der Waals surface area (Å²) < 4.78 is 0. The largest absolute Gasteiger partial charge is 0.398 e. The van der Waals surface area contributed by atoms with E-state index < -0.39 is 0 Å². The summed E-state index contributed by atoms with van der Waals surface area (Å²) in [6, 6.07) is 5.52. The first-order valence-corrected chi connectivity index (χ1v) is 6.36. The molecule has 0 radical (unpaired) electrons. The first kappa shape index (κ1) is 14.6. The normalized spacial score (nSPS) is 13.2. The molecule has 0 aromatic heterocycles. The highest BCUT2D eigenvalue weighted by Crippen LogP contribution is 2.24. The monoisotopic (exact) mass is 248 g/mol. The van der Waals surface area contributed by atoms with Gasteiger partial charge in [0.05, 0.1) is 5.56 Å². The van der Waals surface area contributed by atoms with Gasteiger partial charge in [-0.2, -0.15) is 0 Å². The SMILES string of the molecule is Cc1cccc(N)c1C(=O)NCC(C)C(C)(C)C. The smallest absolute Gasteiger partial charge is 0.253 e. The first-order chi connectivity index (χ1) is 8.23. The van der Waals surface area contributed by atoms with E-state index >= 15 is 0 Å². The molecule has 1 atom stereocenters. The highest BCUT2D eigenvalue weighted by atomic mass is 16.1. The third-order valence-corrected chi connectivity index (χ3v) is 3.58. The fourth-order valence-electron chi connectivity index (χ4n) is 1.64. The van der Waals surface area contributed by atoms with E-state index in [1.165, 1.54) is 0 Å². The maximum atomic E-state index is 12.1. The summed E-state index contributed by atoms with van der Waals surface area (Å²) in [5.41, 5.74) is 8.09. The molecule has 1 amide bonds. The van der Waals surface area contributed by atoms with Crippen molar-refractivity contribution in [2.24, 2.45) is 11.3 Å². The van der Waals surface area contributed by atoms with Gasteiger partial charge < -0.3 is 11.1 Å². The van der Waals surface area contributed by atoms with Crippen LogP contribution in [0.15, 0.2) is 18.2 Å². The van der Waals surface area contributed by atoms with Crippen molar-refractivity contribution >= 4 is 11.6 Å². The van der Waals surface area contributed by atoms with Crippen LogP contribution >= 0.6 is 0 Å². The Labute approximate surface area is 110 Å². The number of benzene rings is 1. The molecule has 1 aromatic rings. The van der Waals surface area contributed by atoms with E-state index in [9.17, 15) is 4.79 Å². The molecule has 3 N–H and O–H groups in total. The van der Waals surface area contributed by atoms with E-state index in [2.05, 4.69) is 33.0 Å². The fraction of sp³-hybridized carbons (Fsp3) is 0.533. The van der Waals surface area contributed by atoms with Crippen molar-refractivity contribution in [1.82, 2.24) is 5.32 Å². The Morgan fingerprint density at radius 3 is 2.50 bits per heavy atom. The second-order valence-electron chi connectivity index (χ2n) is 6.02. The Bertz CT molecular complexity index is 412. The molecule has 0 heterocycles. The van der Waals surface area contributed by atoms with E-state index in [1.807, 2.05) is 19.1 Å². The van der Waals surface area contributed by atoms with Crippen molar-refractivity contribution in [3.05, 3.63) is 29.3 Å². The zero-order valence-corrected chi connectivity index (χ0v) is 12.0. The molecular weight excluding hydrogens is 224 g/mol. The summed E-state index contributed by atoms with van der Waals surface area (Å²) in [4.78, 5) is 12.1. The number of hydrogen-bond acceptors (Lipinski definition) is 2. The minimum Gasteiger partial charge on any atom is -0.398 e. The number of carbonyl (C=O) groups excluding carboxylic acids is 1. The molecule has 1 aromatic carbocycles. The molecule has 1 unspecified atom stereocenters. The molecule has 3 heteroatoms. The summed E-state index contributed by atoms with van der Waals surface area (Å²) in [6.45, 7) is 11.2. The van der Waals surface area contributed by atoms with E-state index in [0.717, 1.165) is 5.56 Å². The van der Waals surface area contributed by atoms with Crippen LogP contribution in [0.2, 0.25) is 0 Å². The van der Waals surface area contributed by atoms with Crippen molar-refractivity contribution in [3.63, 3.8) is 0 Å². The topological polar surface area (TPSA) is 55.1 Å². The number of hydrogen-bond donors (Lipinski definition) is 2. The second-order valence-corrected chi connectivity index (χ2v) is 6.02. The molecular formula is C15H24N2O. The molecule has 0 aliphatic carbocycles. The molecule has 0 aliphatic heterocycles. The maximum absolute atomic E-state index is 12.1. The number of nitrogens with two attached hydrogens (primary N) is 1. The number of rotatable bonds is 3. The summed E-state index contributed by atoms with van der Waals surface area (Å²) in [5.74, 6) is 0.327. The van der Waals surface area contributed by atoms with Gasteiger partial charge in [-0.15, -0.1) is 0 Å². The van der Waals surface area contributed by atoms with E-state index in [0.29, 0.717) is 23.7 Å². The average molecular weight is 248 g/mol. The number of nitrogen functional groups attached to an aromatic ring is 1. The molecule has 18 heavy (non-hydrogen) atoms. The van der Waals surface area contributed by atoms with Crippen LogP contribution in [0.5, 0.6) is 0 Å². The third kappa shape index (κ3) is 3.49. The summed E-state index contributed by atoms with van der Waals surface area (Å²) in [6.07, 6.45) is 0. The van der Waals surface area contributed by atoms with E-state index in [1.54, 1.807) is 6.07 Å². The molecule has 1 rings (SSSR count). The number of amides is 1. The van der Waals surface area contributed by atoms with Crippen LogP contribution < -0.4 is 11.1 Å². The summed E-state index contributed by atoms with van der Waals surface area (Å²) in [5, 5.41) is 2.97. The Kier molecular flexibility index (Phi) is 4.38. The van der Waals surface area contributed by atoms with E-state index in [4.69, 9.17) is 5.73 Å². The Balaban J connectivity index is 2.73. The standard InChI is InChI=1S/C15H24N2O/c1-10-7-6-8-12(16)13(10)14(18)17-9-11(2)15(3,4)5/h6-8,11H,9,16H2,1-5H3,(H,17,18). The number of nitrogens with one attached hydrogen (secondary N) is 1. The van der Waals surface area contributed by atoms with Gasteiger partial charge in [0.2, 0.25) is 0 Å². The lowest BCUT2D eigenvalue weighted by atomic mass is 9.82. The minimum atomic E-state index is -0.0818. The lowest BCUT2D eigenvalue weighted by Gasteiger charge is -2.27. The molecule has 0 aliphatic rings. The molecule has 0 fully saturated rings. The highest BCUT2D eigenvalue weighted by Gasteiger charge is 2.21. The Morgan fingerprint density at radius 1 is 1.39 bits per heavy atom. The summed E-state index contributed by atoms with van der Waals surface area (Å²) >= 11 is 0. The second kappa shape index (κ2) is 5.42. The molecule has 0 bridgehead atoms. The van der Waals surface area contributed by atoms with Crippen LogP contribution in [0, 0.1) is 18.3 Å². The number of aryl methyl sites for hydroxylation is 1. The van der Waals surface area contributed by atoms with Gasteiger partial charge in [0.25, 0.3) is 5.91 Å². The average Bonchev–Trinajstić information content (AvgIpc) is 2.24. The van der Waals surface area contributed by atoms with Crippen LogP contribution in [-0.4, -0.2) is 12.5 Å².